The van der Waals surface area contributed by atoms with Crippen molar-refractivity contribution < 1.29 is 9.53 Å². The van der Waals surface area contributed by atoms with Gasteiger partial charge >= 0.3 is 5.97 Å². The molecule has 6 heteroatoms. The van der Waals surface area contributed by atoms with Gasteiger partial charge in [-0.15, -0.1) is 0 Å². The molecule has 0 spiro atoms. The number of rotatable bonds is 3. The number of aromatic nitrogens is 2. The number of nitrogens with zero attached hydrogens (tertiary/aromatic N) is 2. The number of carbonyl (C=O) groups is 1. The number of carbonyl (C=O) groups excluding carboxylic acids is 1. The summed E-state index contributed by atoms with van der Waals surface area (Å²) in [6.07, 6.45) is 0. The average molecular weight is 360 g/mol. The molecule has 1 heterocycles. The lowest BCUT2D eigenvalue weighted by atomic mass is 10.1. The Morgan fingerprint density at radius 1 is 1.32 bits per heavy atom. The van der Waals surface area contributed by atoms with Crippen LogP contribution in [0.4, 0.5) is 0 Å². The molecule has 5 nitrogen and oxygen atoms in total. The molecule has 3 rings (SSSR count). The second kappa shape index (κ2) is 5.90. The maximum Gasteiger partial charge on any atom is 0.359 e. The minimum Gasteiger partial charge on any atom is -0.464 e. The Labute approximate surface area is 135 Å². The molecule has 0 radical (unpaired) electrons. The van der Waals surface area contributed by atoms with Gasteiger partial charge in [-0.05, 0) is 35.9 Å². The molecular formula is C16H14BrN3O2. The van der Waals surface area contributed by atoms with E-state index in [0.29, 0.717) is 6.54 Å². The molecule has 0 atom stereocenters. The van der Waals surface area contributed by atoms with Crippen LogP contribution in [0.1, 0.15) is 16.1 Å². The summed E-state index contributed by atoms with van der Waals surface area (Å²) in [6, 6.07) is 13.4. The highest BCUT2D eigenvalue weighted by Gasteiger charge is 2.19. The lowest BCUT2D eigenvalue weighted by molar-refractivity contribution is 0.0595. The summed E-state index contributed by atoms with van der Waals surface area (Å²) in [7, 11) is 1.35. The van der Waals surface area contributed by atoms with Crippen molar-refractivity contribution in [2.75, 3.05) is 7.11 Å². The van der Waals surface area contributed by atoms with Crippen LogP contribution in [0.2, 0.25) is 0 Å². The summed E-state index contributed by atoms with van der Waals surface area (Å²) in [5.74, 6) is -0.465. The third-order valence-corrected chi connectivity index (χ3v) is 3.90. The maximum atomic E-state index is 12.0. The zero-order chi connectivity index (χ0) is 15.7. The van der Waals surface area contributed by atoms with E-state index < -0.39 is 5.97 Å². The minimum absolute atomic E-state index is 0.285. The largest absolute Gasteiger partial charge is 0.464 e. The van der Waals surface area contributed by atoms with E-state index in [-0.39, 0.29) is 5.69 Å². The van der Waals surface area contributed by atoms with E-state index >= 15 is 0 Å². The summed E-state index contributed by atoms with van der Waals surface area (Å²) >= 11 is 3.45. The van der Waals surface area contributed by atoms with Gasteiger partial charge in [0.1, 0.15) is 0 Å². The highest BCUT2D eigenvalue weighted by molar-refractivity contribution is 9.10. The summed E-state index contributed by atoms with van der Waals surface area (Å²) in [5.41, 5.74) is 8.60. The fraction of sp³-hybridized carbons (Fsp3) is 0.125. The van der Waals surface area contributed by atoms with Crippen molar-refractivity contribution in [1.29, 1.82) is 0 Å². The van der Waals surface area contributed by atoms with Crippen LogP contribution in [0.25, 0.3) is 16.6 Å². The van der Waals surface area contributed by atoms with Crippen molar-refractivity contribution in [3.8, 4) is 5.69 Å². The van der Waals surface area contributed by atoms with Gasteiger partial charge < -0.3 is 10.5 Å². The van der Waals surface area contributed by atoms with Crippen LogP contribution in [0, 0.1) is 0 Å². The number of ether oxygens (including phenoxy) is 1. The number of halogens is 1. The fourth-order valence-electron chi connectivity index (χ4n) is 2.34. The van der Waals surface area contributed by atoms with Crippen LogP contribution in [-0.4, -0.2) is 22.9 Å². The Balaban J connectivity index is 2.29. The van der Waals surface area contributed by atoms with E-state index in [2.05, 4.69) is 21.0 Å². The number of benzene rings is 2. The Kier molecular flexibility index (Phi) is 3.96. The predicted molar refractivity (Wildman–Crippen MR) is 88.0 cm³/mol. The molecule has 0 bridgehead atoms. The lowest BCUT2D eigenvalue weighted by Gasteiger charge is -2.04. The van der Waals surface area contributed by atoms with E-state index in [4.69, 9.17) is 10.5 Å². The second-order valence-corrected chi connectivity index (χ2v) is 5.70. The molecule has 0 fully saturated rings. The van der Waals surface area contributed by atoms with E-state index in [9.17, 15) is 4.79 Å². The molecule has 0 aliphatic carbocycles. The molecular weight excluding hydrogens is 346 g/mol. The monoisotopic (exact) mass is 359 g/mol. The van der Waals surface area contributed by atoms with Crippen LogP contribution < -0.4 is 5.73 Å². The number of methoxy groups -OCH3 is 1. The third kappa shape index (κ3) is 2.51. The van der Waals surface area contributed by atoms with Crippen LogP contribution >= 0.6 is 15.9 Å². The van der Waals surface area contributed by atoms with Gasteiger partial charge in [-0.1, -0.05) is 28.1 Å². The summed E-state index contributed by atoms with van der Waals surface area (Å²) in [5, 5.41) is 5.16. The summed E-state index contributed by atoms with van der Waals surface area (Å²) in [6.45, 7) is 0.401. The zero-order valence-electron chi connectivity index (χ0n) is 11.9. The molecule has 0 aliphatic heterocycles. The Morgan fingerprint density at radius 2 is 2.14 bits per heavy atom. The minimum atomic E-state index is -0.465. The molecule has 0 amide bonds. The number of fused-ring (bicyclic) bond motifs is 1. The summed E-state index contributed by atoms with van der Waals surface area (Å²) in [4.78, 5) is 12.0. The topological polar surface area (TPSA) is 70.1 Å². The molecule has 2 N–H and O–H groups in total. The zero-order valence-corrected chi connectivity index (χ0v) is 13.5. The van der Waals surface area contributed by atoms with Crippen molar-refractivity contribution in [1.82, 2.24) is 9.78 Å². The van der Waals surface area contributed by atoms with Gasteiger partial charge in [0, 0.05) is 16.4 Å². The first-order valence-electron chi connectivity index (χ1n) is 6.70. The van der Waals surface area contributed by atoms with Crippen LogP contribution in [0.15, 0.2) is 46.9 Å². The molecule has 0 saturated carbocycles. The number of esters is 1. The standard InChI is InChI=1S/C16H14BrN3O2/c1-22-16(21)15-13-7-10(9-18)5-6-14(13)20(19-15)12-4-2-3-11(17)8-12/h2-8H,9,18H2,1H3. The van der Waals surface area contributed by atoms with Crippen LogP contribution in [0.3, 0.4) is 0 Å². The van der Waals surface area contributed by atoms with Gasteiger partial charge in [-0.25, -0.2) is 9.48 Å². The van der Waals surface area contributed by atoms with Crippen molar-refractivity contribution in [2.45, 2.75) is 6.54 Å². The van der Waals surface area contributed by atoms with Crippen LogP contribution in [0.5, 0.6) is 0 Å². The van der Waals surface area contributed by atoms with Gasteiger partial charge in [-0.2, -0.15) is 5.10 Å². The van der Waals surface area contributed by atoms with Crippen molar-refractivity contribution in [3.05, 3.63) is 58.2 Å². The molecule has 2 aromatic carbocycles. The van der Waals surface area contributed by atoms with Crippen LogP contribution in [-0.2, 0) is 11.3 Å². The highest BCUT2D eigenvalue weighted by Crippen LogP contribution is 2.25. The third-order valence-electron chi connectivity index (χ3n) is 3.41. The van der Waals surface area contributed by atoms with E-state index in [1.165, 1.54) is 7.11 Å². The van der Waals surface area contributed by atoms with E-state index in [1.807, 2.05) is 42.5 Å². The normalized spacial score (nSPS) is 10.9. The van der Waals surface area contributed by atoms with Gasteiger partial charge in [0.15, 0.2) is 5.69 Å². The molecule has 112 valence electrons. The molecule has 0 unspecified atom stereocenters. The first-order valence-corrected chi connectivity index (χ1v) is 7.49. The number of nitrogens with two attached hydrogens (primary N) is 1. The Hall–Kier alpha value is -2.18. The second-order valence-electron chi connectivity index (χ2n) is 4.79. The predicted octanol–water partition coefficient (Wildman–Crippen LogP) is 3.03. The first kappa shape index (κ1) is 14.7. The average Bonchev–Trinajstić information content (AvgIpc) is 2.92. The van der Waals surface area contributed by atoms with E-state index in [0.717, 1.165) is 26.6 Å². The summed E-state index contributed by atoms with van der Waals surface area (Å²) < 4.78 is 7.50. The van der Waals surface area contributed by atoms with Crippen molar-refractivity contribution >= 4 is 32.8 Å². The lowest BCUT2D eigenvalue weighted by Crippen LogP contribution is -2.04. The molecule has 1 aromatic heterocycles. The smallest absolute Gasteiger partial charge is 0.359 e. The van der Waals surface area contributed by atoms with Crippen molar-refractivity contribution in [3.63, 3.8) is 0 Å². The van der Waals surface area contributed by atoms with Gasteiger partial charge in [0.05, 0.1) is 18.3 Å². The highest BCUT2D eigenvalue weighted by atomic mass is 79.9. The van der Waals surface area contributed by atoms with E-state index in [1.54, 1.807) is 4.68 Å². The maximum absolute atomic E-state index is 12.0. The SMILES string of the molecule is COC(=O)c1nn(-c2cccc(Br)c2)c2ccc(CN)cc12. The van der Waals surface area contributed by atoms with Gasteiger partial charge in [0.25, 0.3) is 0 Å². The fourth-order valence-corrected chi connectivity index (χ4v) is 2.73. The Morgan fingerprint density at radius 3 is 2.82 bits per heavy atom. The Bertz CT molecular complexity index is 858. The molecule has 22 heavy (non-hydrogen) atoms. The van der Waals surface area contributed by atoms with Crippen molar-refractivity contribution in [2.24, 2.45) is 5.73 Å². The molecule has 0 aliphatic rings. The quantitative estimate of drug-likeness (QED) is 0.729. The molecule has 3 aromatic rings. The molecule has 0 saturated heterocycles. The van der Waals surface area contributed by atoms with Gasteiger partial charge in [0.2, 0.25) is 0 Å². The number of hydrogen-bond acceptors (Lipinski definition) is 4. The number of hydrogen-bond donors (Lipinski definition) is 1. The first-order chi connectivity index (χ1) is 10.6. The van der Waals surface area contributed by atoms with Gasteiger partial charge in [-0.3, -0.25) is 0 Å².